The second kappa shape index (κ2) is 7.73. The van der Waals surface area contributed by atoms with E-state index in [9.17, 15) is 14.4 Å². The first-order valence-corrected chi connectivity index (χ1v) is 11.9. The Bertz CT molecular complexity index is 985. The predicted octanol–water partition coefficient (Wildman–Crippen LogP) is 2.57. The van der Waals surface area contributed by atoms with Gasteiger partial charge < -0.3 is 19.9 Å². The number of para-hydroxylation sites is 1. The van der Waals surface area contributed by atoms with Gasteiger partial charge >= 0.3 is 0 Å². The Morgan fingerprint density at radius 2 is 1.78 bits per heavy atom. The van der Waals surface area contributed by atoms with Crippen molar-refractivity contribution in [2.24, 2.45) is 5.92 Å². The highest BCUT2D eigenvalue weighted by Crippen LogP contribution is 2.41. The first kappa shape index (κ1) is 20.0. The van der Waals surface area contributed by atoms with Gasteiger partial charge in [0.1, 0.15) is 0 Å². The summed E-state index contributed by atoms with van der Waals surface area (Å²) >= 11 is 0. The molecule has 0 aromatic heterocycles. The van der Waals surface area contributed by atoms with E-state index in [1.165, 1.54) is 0 Å². The average molecular weight is 436 g/mol. The van der Waals surface area contributed by atoms with E-state index in [0.29, 0.717) is 37.2 Å². The monoisotopic (exact) mass is 435 g/mol. The zero-order valence-electron chi connectivity index (χ0n) is 18.2. The first-order valence-electron chi connectivity index (χ1n) is 11.9. The van der Waals surface area contributed by atoms with Crippen molar-refractivity contribution in [2.75, 3.05) is 18.5 Å². The minimum absolute atomic E-state index is 0.0238. The molecule has 5 aliphatic heterocycles. The summed E-state index contributed by atoms with van der Waals surface area (Å²) in [5, 5.41) is 2.89. The lowest BCUT2D eigenvalue weighted by atomic mass is 9.88. The molecule has 4 saturated heterocycles. The van der Waals surface area contributed by atoms with Gasteiger partial charge in [-0.3, -0.25) is 14.4 Å². The van der Waals surface area contributed by atoms with Crippen molar-refractivity contribution >= 4 is 29.5 Å². The molecule has 4 fully saturated rings. The highest BCUT2D eigenvalue weighted by Gasteiger charge is 2.49. The zero-order valence-corrected chi connectivity index (χ0v) is 18.2. The number of ether oxygens (including phenoxy) is 1. The number of benzene rings is 1. The molecule has 5 heterocycles. The van der Waals surface area contributed by atoms with Crippen molar-refractivity contribution < 1.29 is 19.1 Å². The van der Waals surface area contributed by atoms with Crippen molar-refractivity contribution in [3.8, 4) is 0 Å². The summed E-state index contributed by atoms with van der Waals surface area (Å²) < 4.78 is 5.98. The van der Waals surface area contributed by atoms with Crippen LogP contribution in [0.15, 0.2) is 29.8 Å². The maximum Gasteiger partial charge on any atom is 0.250 e. The van der Waals surface area contributed by atoms with Crippen LogP contribution in [0.3, 0.4) is 0 Å². The van der Waals surface area contributed by atoms with E-state index in [-0.39, 0.29) is 42.2 Å². The van der Waals surface area contributed by atoms with Crippen LogP contribution in [0.2, 0.25) is 0 Å². The Kier molecular flexibility index (Phi) is 4.82. The number of hydrogen-bond acceptors (Lipinski definition) is 4. The summed E-state index contributed by atoms with van der Waals surface area (Å²) in [6, 6.07) is 8.25. The van der Waals surface area contributed by atoms with Crippen molar-refractivity contribution in [1.82, 2.24) is 9.80 Å². The van der Waals surface area contributed by atoms with Gasteiger partial charge in [0, 0.05) is 36.5 Å². The van der Waals surface area contributed by atoms with Crippen LogP contribution in [0.4, 0.5) is 5.69 Å². The van der Waals surface area contributed by atoms with E-state index in [2.05, 4.69) is 10.2 Å². The Hall–Kier alpha value is -2.67. The van der Waals surface area contributed by atoms with E-state index in [0.717, 1.165) is 43.4 Å². The number of piperidine rings is 1. The standard InChI is InChI=1S/C25H29N3O4/c29-23-13-16(11-15-3-1-2-4-20(15)26-23)24(30)27-14-17(12-22-21(27)9-10-32-22)25(31)28-18-5-6-19(28)8-7-18/h1-4,11,17-19,21-22H,5-10,12-14H2,(H,26,29)/t17-,18?,19?,21+,22+/m0/s1. The fraction of sp³-hybridized carbons (Fsp3) is 0.560. The molecule has 32 heavy (non-hydrogen) atoms. The lowest BCUT2D eigenvalue weighted by Gasteiger charge is -2.42. The second-order valence-corrected chi connectivity index (χ2v) is 9.85. The fourth-order valence-corrected chi connectivity index (χ4v) is 6.51. The summed E-state index contributed by atoms with van der Waals surface area (Å²) in [4.78, 5) is 43.7. The highest BCUT2D eigenvalue weighted by atomic mass is 16.5. The first-order chi connectivity index (χ1) is 15.6. The van der Waals surface area contributed by atoms with Gasteiger partial charge in [-0.25, -0.2) is 0 Å². The van der Waals surface area contributed by atoms with E-state index < -0.39 is 0 Å². The third kappa shape index (κ3) is 3.25. The van der Waals surface area contributed by atoms with Gasteiger partial charge in [0.25, 0.3) is 5.91 Å². The molecule has 3 amide bonds. The largest absolute Gasteiger partial charge is 0.376 e. The summed E-state index contributed by atoms with van der Waals surface area (Å²) in [5.41, 5.74) is 2.03. The van der Waals surface area contributed by atoms with Gasteiger partial charge in [-0.2, -0.15) is 0 Å². The number of anilines is 1. The van der Waals surface area contributed by atoms with Crippen molar-refractivity contribution in [3.63, 3.8) is 0 Å². The molecule has 7 heteroatoms. The van der Waals surface area contributed by atoms with Crippen LogP contribution in [0, 0.1) is 5.92 Å². The van der Waals surface area contributed by atoms with Crippen molar-refractivity contribution in [2.45, 2.75) is 69.2 Å². The summed E-state index contributed by atoms with van der Waals surface area (Å²) in [5.74, 6) is -0.363. The number of amides is 3. The van der Waals surface area contributed by atoms with E-state index in [4.69, 9.17) is 4.74 Å². The zero-order chi connectivity index (χ0) is 21.8. The van der Waals surface area contributed by atoms with Crippen LogP contribution in [0.1, 0.15) is 50.5 Å². The quantitative estimate of drug-likeness (QED) is 0.775. The molecule has 5 aliphatic rings. The van der Waals surface area contributed by atoms with Crippen LogP contribution in [-0.4, -0.2) is 64.9 Å². The third-order valence-electron chi connectivity index (χ3n) is 8.02. The van der Waals surface area contributed by atoms with Crippen molar-refractivity contribution in [1.29, 1.82) is 0 Å². The minimum Gasteiger partial charge on any atom is -0.376 e. The molecule has 6 rings (SSSR count). The molecule has 1 N–H and O–H groups in total. The van der Waals surface area contributed by atoms with Crippen molar-refractivity contribution in [3.05, 3.63) is 35.4 Å². The molecule has 0 spiro atoms. The summed E-state index contributed by atoms with van der Waals surface area (Å²) in [6.07, 6.45) is 7.66. The number of nitrogens with zero attached hydrogens (tertiary/aromatic N) is 2. The number of carbonyl (C=O) groups excluding carboxylic acids is 3. The molecule has 0 aliphatic carbocycles. The topological polar surface area (TPSA) is 79.0 Å². The smallest absolute Gasteiger partial charge is 0.250 e. The summed E-state index contributed by atoms with van der Waals surface area (Å²) in [7, 11) is 0. The minimum atomic E-state index is -0.230. The lowest BCUT2D eigenvalue weighted by Crippen LogP contribution is -2.56. The SMILES string of the molecule is O=C1CC(C(=O)N2C[C@@H](C(=O)N3C4CCC3CC4)C[C@H]3OCC[C@H]32)=Cc2ccccc2N1. The van der Waals surface area contributed by atoms with E-state index in [1.807, 2.05) is 35.2 Å². The molecule has 0 radical (unpaired) electrons. The molecule has 0 unspecified atom stereocenters. The van der Waals surface area contributed by atoms with Crippen LogP contribution >= 0.6 is 0 Å². The van der Waals surface area contributed by atoms with Gasteiger partial charge in [0.15, 0.2) is 0 Å². The lowest BCUT2D eigenvalue weighted by molar-refractivity contribution is -0.146. The maximum absolute atomic E-state index is 13.7. The fourth-order valence-electron chi connectivity index (χ4n) is 6.51. The number of hydrogen-bond donors (Lipinski definition) is 1. The molecule has 1 aromatic rings. The van der Waals surface area contributed by atoms with E-state index >= 15 is 0 Å². The number of carbonyl (C=O) groups is 3. The van der Waals surface area contributed by atoms with Gasteiger partial charge in [-0.1, -0.05) is 18.2 Å². The van der Waals surface area contributed by atoms with Crippen LogP contribution in [0.5, 0.6) is 0 Å². The molecule has 3 atom stereocenters. The highest BCUT2D eigenvalue weighted by molar-refractivity contribution is 6.08. The van der Waals surface area contributed by atoms with Crippen LogP contribution in [-0.2, 0) is 19.1 Å². The molecule has 1 aromatic carbocycles. The van der Waals surface area contributed by atoms with Gasteiger partial charge in [-0.05, 0) is 56.2 Å². The predicted molar refractivity (Wildman–Crippen MR) is 119 cm³/mol. The normalized spacial score (nSPS) is 33.3. The second-order valence-electron chi connectivity index (χ2n) is 9.85. The average Bonchev–Trinajstić information content (AvgIpc) is 3.51. The third-order valence-corrected chi connectivity index (χ3v) is 8.02. The van der Waals surface area contributed by atoms with Gasteiger partial charge in [-0.15, -0.1) is 0 Å². The number of fused-ring (bicyclic) bond motifs is 4. The molecule has 7 nitrogen and oxygen atoms in total. The number of nitrogens with one attached hydrogen (secondary N) is 1. The van der Waals surface area contributed by atoms with Gasteiger partial charge in [0.05, 0.1) is 24.5 Å². The molecular weight excluding hydrogens is 406 g/mol. The van der Waals surface area contributed by atoms with E-state index in [1.54, 1.807) is 0 Å². The molecular formula is C25H29N3O4. The van der Waals surface area contributed by atoms with Gasteiger partial charge in [0.2, 0.25) is 11.8 Å². The summed E-state index contributed by atoms with van der Waals surface area (Å²) in [6.45, 7) is 1.02. The van der Waals surface area contributed by atoms with Crippen LogP contribution in [0.25, 0.3) is 6.08 Å². The van der Waals surface area contributed by atoms with Crippen LogP contribution < -0.4 is 5.32 Å². The maximum atomic E-state index is 13.7. The Morgan fingerprint density at radius 1 is 1.03 bits per heavy atom. The molecule has 168 valence electrons. The molecule has 0 saturated carbocycles. The Balaban J connectivity index is 1.28. The number of likely N-dealkylation sites (tertiary alicyclic amines) is 1. The number of rotatable bonds is 2. The molecule has 2 bridgehead atoms. The Labute approximate surface area is 187 Å². The Morgan fingerprint density at radius 3 is 2.56 bits per heavy atom.